The number of carbonyl (C=O) groups is 1. The van der Waals surface area contributed by atoms with Crippen molar-refractivity contribution in [1.82, 2.24) is 15.2 Å². The smallest absolute Gasteiger partial charge is 0.236 e. The van der Waals surface area contributed by atoms with Crippen molar-refractivity contribution in [2.75, 3.05) is 25.3 Å². The molecule has 0 aliphatic carbocycles. The van der Waals surface area contributed by atoms with Crippen molar-refractivity contribution in [1.29, 1.82) is 0 Å². The Labute approximate surface area is 181 Å². The van der Waals surface area contributed by atoms with E-state index in [1.54, 1.807) is 14.2 Å². The van der Waals surface area contributed by atoms with E-state index in [9.17, 15) is 4.79 Å². The van der Waals surface area contributed by atoms with Gasteiger partial charge < -0.3 is 14.8 Å². The number of fused-ring (bicyclic) bond motifs is 1. The number of thioether (sulfide) groups is 1. The fourth-order valence-corrected chi connectivity index (χ4v) is 4.27. The Balaban J connectivity index is 1.39. The summed E-state index contributed by atoms with van der Waals surface area (Å²) in [4.78, 5) is 16.7. The van der Waals surface area contributed by atoms with E-state index in [2.05, 4.69) is 20.5 Å². The van der Waals surface area contributed by atoms with Gasteiger partial charge in [0.25, 0.3) is 0 Å². The zero-order valence-corrected chi connectivity index (χ0v) is 17.9. The highest BCUT2D eigenvalue weighted by Crippen LogP contribution is 2.32. The van der Waals surface area contributed by atoms with Crippen LogP contribution >= 0.6 is 23.1 Å². The van der Waals surface area contributed by atoms with Crippen molar-refractivity contribution in [2.24, 2.45) is 0 Å². The van der Waals surface area contributed by atoms with Crippen LogP contribution in [0.25, 0.3) is 21.5 Å². The number of nitrogens with one attached hydrogen (secondary N) is 1. The zero-order valence-electron chi connectivity index (χ0n) is 16.3. The molecule has 2 aromatic heterocycles. The SMILES string of the molecule is COc1ccc(OC)c(-c2ccc(SCC(=O)Nc3nc4ccccc4s3)nn2)c1. The molecule has 0 unspecified atom stereocenters. The molecule has 0 fully saturated rings. The van der Waals surface area contributed by atoms with Gasteiger partial charge in [-0.25, -0.2) is 4.98 Å². The first kappa shape index (κ1) is 20.1. The number of thiazole rings is 1. The van der Waals surface area contributed by atoms with Crippen LogP contribution in [0.15, 0.2) is 59.6 Å². The lowest BCUT2D eigenvalue weighted by Crippen LogP contribution is -2.13. The number of nitrogens with zero attached hydrogens (tertiary/aromatic N) is 3. The number of rotatable bonds is 7. The number of anilines is 1. The third-order valence-corrected chi connectivity index (χ3v) is 6.09. The summed E-state index contributed by atoms with van der Waals surface area (Å²) in [5, 5.41) is 12.6. The number of benzene rings is 2. The van der Waals surface area contributed by atoms with Crippen LogP contribution in [0.5, 0.6) is 11.5 Å². The van der Waals surface area contributed by atoms with E-state index in [1.165, 1.54) is 23.1 Å². The molecule has 0 saturated carbocycles. The summed E-state index contributed by atoms with van der Waals surface area (Å²) in [5.41, 5.74) is 2.32. The number of para-hydroxylation sites is 1. The van der Waals surface area contributed by atoms with Gasteiger partial charge in [0.1, 0.15) is 16.5 Å². The number of ether oxygens (including phenoxy) is 2. The molecule has 0 saturated heterocycles. The van der Waals surface area contributed by atoms with Gasteiger partial charge in [-0.1, -0.05) is 35.2 Å². The normalized spacial score (nSPS) is 10.7. The maximum absolute atomic E-state index is 12.3. The highest BCUT2D eigenvalue weighted by Gasteiger charge is 2.12. The van der Waals surface area contributed by atoms with Gasteiger partial charge in [0.2, 0.25) is 5.91 Å². The summed E-state index contributed by atoms with van der Waals surface area (Å²) in [6.07, 6.45) is 0. The molecule has 152 valence electrons. The third-order valence-electron chi connectivity index (χ3n) is 4.21. The van der Waals surface area contributed by atoms with Gasteiger partial charge in [-0.3, -0.25) is 4.79 Å². The van der Waals surface area contributed by atoms with Gasteiger partial charge in [-0.2, -0.15) is 0 Å². The van der Waals surface area contributed by atoms with Crippen LogP contribution in [0.4, 0.5) is 5.13 Å². The average molecular weight is 439 g/mol. The van der Waals surface area contributed by atoms with Gasteiger partial charge in [0.05, 0.1) is 35.9 Å². The molecule has 0 radical (unpaired) electrons. The minimum Gasteiger partial charge on any atom is -0.497 e. The monoisotopic (exact) mass is 438 g/mol. The van der Waals surface area contributed by atoms with E-state index in [1.807, 2.05) is 54.6 Å². The number of carbonyl (C=O) groups excluding carboxylic acids is 1. The fourth-order valence-electron chi connectivity index (χ4n) is 2.78. The Kier molecular flexibility index (Phi) is 6.10. The third kappa shape index (κ3) is 4.52. The van der Waals surface area contributed by atoms with Crippen molar-refractivity contribution < 1.29 is 14.3 Å². The first-order chi connectivity index (χ1) is 14.7. The standard InChI is InChI=1S/C21H18N4O3S2/c1-27-13-7-9-17(28-2)14(11-13)15-8-10-20(25-24-15)29-12-19(26)23-21-22-16-5-3-4-6-18(16)30-21/h3-11H,12H2,1-2H3,(H,22,23,26). The van der Waals surface area contributed by atoms with Gasteiger partial charge in [0, 0.05) is 5.56 Å². The first-order valence-corrected chi connectivity index (χ1v) is 10.8. The van der Waals surface area contributed by atoms with Crippen molar-refractivity contribution >= 4 is 44.4 Å². The molecular weight excluding hydrogens is 420 g/mol. The van der Waals surface area contributed by atoms with Crippen LogP contribution in [-0.2, 0) is 4.79 Å². The van der Waals surface area contributed by atoms with Crippen molar-refractivity contribution in [2.45, 2.75) is 5.03 Å². The molecule has 2 heterocycles. The molecule has 0 spiro atoms. The Morgan fingerprint density at radius 2 is 1.93 bits per heavy atom. The van der Waals surface area contributed by atoms with Gasteiger partial charge in [0.15, 0.2) is 5.13 Å². The average Bonchev–Trinajstić information content (AvgIpc) is 3.19. The first-order valence-electron chi connectivity index (χ1n) is 9.00. The fraction of sp³-hybridized carbons (Fsp3) is 0.143. The maximum Gasteiger partial charge on any atom is 0.236 e. The molecule has 30 heavy (non-hydrogen) atoms. The number of hydrogen-bond acceptors (Lipinski definition) is 8. The second-order valence-corrected chi connectivity index (χ2v) is 8.17. The largest absolute Gasteiger partial charge is 0.497 e. The van der Waals surface area contributed by atoms with Gasteiger partial charge in [-0.05, 0) is 42.5 Å². The van der Waals surface area contributed by atoms with Gasteiger partial charge in [-0.15, -0.1) is 10.2 Å². The highest BCUT2D eigenvalue weighted by molar-refractivity contribution is 7.99. The molecule has 9 heteroatoms. The van der Waals surface area contributed by atoms with E-state index in [4.69, 9.17) is 9.47 Å². The Morgan fingerprint density at radius 1 is 1.07 bits per heavy atom. The van der Waals surface area contributed by atoms with E-state index in [0.717, 1.165) is 15.8 Å². The maximum atomic E-state index is 12.3. The van der Waals surface area contributed by atoms with Crippen molar-refractivity contribution in [3.63, 3.8) is 0 Å². The quantitative estimate of drug-likeness (QED) is 0.425. The van der Waals surface area contributed by atoms with E-state index < -0.39 is 0 Å². The molecule has 2 aromatic carbocycles. The Morgan fingerprint density at radius 3 is 2.67 bits per heavy atom. The lowest BCUT2D eigenvalue weighted by molar-refractivity contribution is -0.113. The molecule has 4 aromatic rings. The van der Waals surface area contributed by atoms with Crippen molar-refractivity contribution in [3.8, 4) is 22.8 Å². The molecule has 0 bridgehead atoms. The summed E-state index contributed by atoms with van der Waals surface area (Å²) >= 11 is 2.76. The minimum absolute atomic E-state index is 0.139. The summed E-state index contributed by atoms with van der Waals surface area (Å²) in [7, 11) is 3.21. The van der Waals surface area contributed by atoms with Crippen LogP contribution in [-0.4, -0.2) is 41.1 Å². The number of methoxy groups -OCH3 is 2. The second-order valence-electron chi connectivity index (χ2n) is 6.15. The summed E-state index contributed by atoms with van der Waals surface area (Å²) in [6, 6.07) is 16.9. The molecular formula is C21H18N4O3S2. The summed E-state index contributed by atoms with van der Waals surface area (Å²) < 4.78 is 11.7. The molecule has 1 N–H and O–H groups in total. The molecule has 1 amide bonds. The summed E-state index contributed by atoms with van der Waals surface area (Å²) in [6.45, 7) is 0. The van der Waals surface area contributed by atoms with Crippen LogP contribution < -0.4 is 14.8 Å². The number of hydrogen-bond donors (Lipinski definition) is 1. The van der Waals surface area contributed by atoms with Crippen LogP contribution in [0, 0.1) is 0 Å². The molecule has 0 aliphatic rings. The Hall–Kier alpha value is -3.17. The second kappa shape index (κ2) is 9.10. The van der Waals surface area contributed by atoms with E-state index in [-0.39, 0.29) is 11.7 Å². The zero-order chi connectivity index (χ0) is 20.9. The molecule has 7 nitrogen and oxygen atoms in total. The van der Waals surface area contributed by atoms with Crippen LogP contribution in [0.1, 0.15) is 0 Å². The lowest BCUT2D eigenvalue weighted by atomic mass is 10.1. The predicted molar refractivity (Wildman–Crippen MR) is 120 cm³/mol. The highest BCUT2D eigenvalue weighted by atomic mass is 32.2. The van der Waals surface area contributed by atoms with Crippen LogP contribution in [0.3, 0.4) is 0 Å². The minimum atomic E-state index is -0.139. The van der Waals surface area contributed by atoms with Crippen molar-refractivity contribution in [3.05, 3.63) is 54.6 Å². The number of amides is 1. The van der Waals surface area contributed by atoms with E-state index in [0.29, 0.717) is 27.4 Å². The number of aromatic nitrogens is 3. The molecule has 0 aliphatic heterocycles. The summed E-state index contributed by atoms with van der Waals surface area (Å²) in [5.74, 6) is 1.46. The van der Waals surface area contributed by atoms with Crippen LogP contribution in [0.2, 0.25) is 0 Å². The molecule has 0 atom stereocenters. The topological polar surface area (TPSA) is 86.2 Å². The lowest BCUT2D eigenvalue weighted by Gasteiger charge is -2.09. The Bertz CT molecular complexity index is 1150. The van der Waals surface area contributed by atoms with E-state index >= 15 is 0 Å². The predicted octanol–water partition coefficient (Wildman–Crippen LogP) is 4.50. The van der Waals surface area contributed by atoms with Gasteiger partial charge >= 0.3 is 0 Å². The molecule has 4 rings (SSSR count).